The number of ether oxygens (including phenoxy) is 2. The highest BCUT2D eigenvalue weighted by Gasteiger charge is 2.21. The summed E-state index contributed by atoms with van der Waals surface area (Å²) in [4.78, 5) is 12.5. The van der Waals surface area contributed by atoms with Gasteiger partial charge in [-0.1, -0.05) is 6.07 Å². The molecule has 0 heterocycles. The van der Waals surface area contributed by atoms with Crippen molar-refractivity contribution in [1.82, 2.24) is 9.62 Å². The van der Waals surface area contributed by atoms with E-state index in [0.29, 0.717) is 17.2 Å². The summed E-state index contributed by atoms with van der Waals surface area (Å²) in [6.07, 6.45) is 0.943. The van der Waals surface area contributed by atoms with Crippen LogP contribution >= 0.6 is 0 Å². The molecule has 0 aliphatic carbocycles. The van der Waals surface area contributed by atoms with Gasteiger partial charge < -0.3 is 14.8 Å². The van der Waals surface area contributed by atoms with Crippen molar-refractivity contribution < 1.29 is 31.1 Å². The Bertz CT molecular complexity index is 1180. The van der Waals surface area contributed by atoms with Gasteiger partial charge in [-0.05, 0) is 50.2 Å². The Balaban J connectivity index is 1.93. The number of hydrogen-bond acceptors (Lipinski definition) is 7. The molecule has 0 radical (unpaired) electrons. The molecule has 2 rings (SSSR count). The van der Waals surface area contributed by atoms with Gasteiger partial charge in [0.1, 0.15) is 24.7 Å². The largest absolute Gasteiger partial charge is 0.492 e. The van der Waals surface area contributed by atoms with Crippen LogP contribution in [0.15, 0.2) is 53.4 Å². The SMILES string of the molecule is CC(C)Oc1cccc(N(CC(=O)NCCOc2ccc(S(=O)(=O)N(C)C)cc2)S(C)(=O)=O)c1. The van der Waals surface area contributed by atoms with Crippen molar-refractivity contribution in [2.75, 3.05) is 44.4 Å². The third kappa shape index (κ3) is 7.89. The fourth-order valence-electron chi connectivity index (χ4n) is 2.85. The summed E-state index contributed by atoms with van der Waals surface area (Å²) in [5.74, 6) is 0.433. The Morgan fingerprint density at radius 3 is 2.21 bits per heavy atom. The van der Waals surface area contributed by atoms with Gasteiger partial charge in [-0.3, -0.25) is 9.10 Å². The molecule has 34 heavy (non-hydrogen) atoms. The molecule has 0 aliphatic heterocycles. The predicted molar refractivity (Wildman–Crippen MR) is 130 cm³/mol. The Kier molecular flexibility index (Phi) is 9.30. The standard InChI is InChI=1S/C22H31N3O7S2/c1-17(2)32-20-8-6-7-18(15-20)25(33(5,27)28)16-22(26)23-13-14-31-19-9-11-21(12-10-19)34(29,30)24(3)4/h6-12,15,17H,13-14,16H2,1-5H3,(H,23,26). The maximum absolute atomic E-state index is 12.4. The highest BCUT2D eigenvalue weighted by molar-refractivity contribution is 7.92. The summed E-state index contributed by atoms with van der Waals surface area (Å²) in [5.41, 5.74) is 0.319. The first-order valence-electron chi connectivity index (χ1n) is 10.5. The molecule has 0 bridgehead atoms. The van der Waals surface area contributed by atoms with Crippen LogP contribution in [0.2, 0.25) is 0 Å². The van der Waals surface area contributed by atoms with Crippen molar-refractivity contribution in [3.63, 3.8) is 0 Å². The lowest BCUT2D eigenvalue weighted by molar-refractivity contribution is -0.119. The lowest BCUT2D eigenvalue weighted by Crippen LogP contribution is -2.41. The molecular weight excluding hydrogens is 482 g/mol. The van der Waals surface area contributed by atoms with Gasteiger partial charge in [-0.25, -0.2) is 21.1 Å². The number of nitrogens with one attached hydrogen (secondary N) is 1. The van der Waals surface area contributed by atoms with E-state index < -0.39 is 32.5 Å². The zero-order chi connectivity index (χ0) is 25.5. The molecule has 0 fully saturated rings. The highest BCUT2D eigenvalue weighted by Crippen LogP contribution is 2.24. The molecule has 12 heteroatoms. The number of amides is 1. The number of nitrogens with zero attached hydrogens (tertiary/aromatic N) is 2. The number of sulfonamides is 2. The van der Waals surface area contributed by atoms with Crippen molar-refractivity contribution in [3.05, 3.63) is 48.5 Å². The lowest BCUT2D eigenvalue weighted by atomic mass is 10.3. The summed E-state index contributed by atoms with van der Waals surface area (Å²) < 4.78 is 62.0. The van der Waals surface area contributed by atoms with Crippen LogP contribution < -0.4 is 19.1 Å². The Hall–Kier alpha value is -2.83. The first kappa shape index (κ1) is 27.4. The molecule has 0 saturated heterocycles. The number of hydrogen-bond donors (Lipinski definition) is 1. The van der Waals surface area contributed by atoms with Gasteiger partial charge in [0.2, 0.25) is 26.0 Å². The molecule has 1 amide bonds. The first-order chi connectivity index (χ1) is 15.8. The molecule has 1 N–H and O–H groups in total. The van der Waals surface area contributed by atoms with E-state index in [9.17, 15) is 21.6 Å². The number of rotatable bonds is 12. The summed E-state index contributed by atoms with van der Waals surface area (Å²) >= 11 is 0. The maximum Gasteiger partial charge on any atom is 0.242 e. The molecule has 188 valence electrons. The van der Waals surface area contributed by atoms with E-state index in [2.05, 4.69) is 5.32 Å². The van der Waals surface area contributed by atoms with Crippen molar-refractivity contribution in [3.8, 4) is 11.5 Å². The second kappa shape index (κ2) is 11.5. The number of anilines is 1. The highest BCUT2D eigenvalue weighted by atomic mass is 32.2. The maximum atomic E-state index is 12.4. The van der Waals surface area contributed by atoms with Gasteiger partial charge in [0, 0.05) is 20.2 Å². The number of benzene rings is 2. The topological polar surface area (TPSA) is 122 Å². The van der Waals surface area contributed by atoms with Crippen molar-refractivity contribution in [2.24, 2.45) is 0 Å². The van der Waals surface area contributed by atoms with Crippen molar-refractivity contribution >= 4 is 31.6 Å². The quantitative estimate of drug-likeness (QED) is 0.429. The average molecular weight is 514 g/mol. The lowest BCUT2D eigenvalue weighted by Gasteiger charge is -2.22. The van der Waals surface area contributed by atoms with E-state index in [-0.39, 0.29) is 24.2 Å². The molecule has 2 aromatic carbocycles. The van der Waals surface area contributed by atoms with Crippen LogP contribution in [0.25, 0.3) is 0 Å². The van der Waals surface area contributed by atoms with Crippen LogP contribution in [0.1, 0.15) is 13.8 Å². The molecule has 0 saturated carbocycles. The summed E-state index contributed by atoms with van der Waals surface area (Å²) in [7, 11) is -4.35. The second-order valence-corrected chi connectivity index (χ2v) is 11.9. The van der Waals surface area contributed by atoms with Crippen molar-refractivity contribution in [1.29, 1.82) is 0 Å². The van der Waals surface area contributed by atoms with E-state index in [4.69, 9.17) is 9.47 Å². The molecule has 0 aliphatic rings. The van der Waals surface area contributed by atoms with Crippen molar-refractivity contribution in [2.45, 2.75) is 24.8 Å². The summed E-state index contributed by atoms with van der Waals surface area (Å²) in [6.45, 7) is 3.56. The molecule has 0 unspecified atom stereocenters. The zero-order valence-electron chi connectivity index (χ0n) is 19.9. The van der Waals surface area contributed by atoms with E-state index in [1.54, 1.807) is 24.3 Å². The van der Waals surface area contributed by atoms with Crippen LogP contribution in [0, 0.1) is 0 Å². The zero-order valence-corrected chi connectivity index (χ0v) is 21.5. The minimum atomic E-state index is -3.72. The van der Waals surface area contributed by atoms with Gasteiger partial charge >= 0.3 is 0 Å². The summed E-state index contributed by atoms with van der Waals surface area (Å²) in [5, 5.41) is 2.62. The van der Waals surface area contributed by atoms with Gasteiger partial charge in [-0.15, -0.1) is 0 Å². The molecule has 10 nitrogen and oxygen atoms in total. The number of carbonyl (C=O) groups is 1. The average Bonchev–Trinajstić information content (AvgIpc) is 2.74. The number of carbonyl (C=O) groups excluding carboxylic acids is 1. The first-order valence-corrected chi connectivity index (χ1v) is 13.8. The van der Waals surface area contributed by atoms with Crippen LogP contribution in [0.4, 0.5) is 5.69 Å². The van der Waals surface area contributed by atoms with Gasteiger partial charge in [0.15, 0.2) is 0 Å². The van der Waals surface area contributed by atoms with E-state index in [1.165, 1.54) is 38.4 Å². The van der Waals surface area contributed by atoms with E-state index in [0.717, 1.165) is 14.9 Å². The Morgan fingerprint density at radius 2 is 1.65 bits per heavy atom. The molecule has 0 spiro atoms. The fraction of sp³-hybridized carbons (Fsp3) is 0.409. The summed E-state index contributed by atoms with van der Waals surface area (Å²) in [6, 6.07) is 12.4. The minimum Gasteiger partial charge on any atom is -0.492 e. The Labute approximate surface area is 201 Å². The van der Waals surface area contributed by atoms with E-state index in [1.807, 2.05) is 13.8 Å². The molecule has 0 atom stereocenters. The van der Waals surface area contributed by atoms with Crippen LogP contribution in [0.5, 0.6) is 11.5 Å². The van der Waals surface area contributed by atoms with Gasteiger partial charge in [0.05, 0.1) is 29.5 Å². The van der Waals surface area contributed by atoms with Gasteiger partial charge in [0.25, 0.3) is 0 Å². The van der Waals surface area contributed by atoms with Crippen LogP contribution in [-0.4, -0.2) is 73.2 Å². The normalized spacial score (nSPS) is 12.0. The minimum absolute atomic E-state index is 0.0844. The second-order valence-electron chi connectivity index (χ2n) is 7.89. The third-order valence-electron chi connectivity index (χ3n) is 4.46. The monoisotopic (exact) mass is 513 g/mol. The predicted octanol–water partition coefficient (Wildman–Crippen LogP) is 1.69. The third-order valence-corrected chi connectivity index (χ3v) is 7.43. The van der Waals surface area contributed by atoms with Crippen LogP contribution in [0.3, 0.4) is 0 Å². The van der Waals surface area contributed by atoms with Crippen LogP contribution in [-0.2, 0) is 24.8 Å². The van der Waals surface area contributed by atoms with Gasteiger partial charge in [-0.2, -0.15) is 0 Å². The molecular formula is C22H31N3O7S2. The molecule has 2 aromatic rings. The fourth-order valence-corrected chi connectivity index (χ4v) is 4.60. The molecule has 0 aromatic heterocycles. The Morgan fingerprint density at radius 1 is 1.00 bits per heavy atom. The van der Waals surface area contributed by atoms with E-state index >= 15 is 0 Å². The smallest absolute Gasteiger partial charge is 0.242 e.